The van der Waals surface area contributed by atoms with Crippen LogP contribution in [-0.4, -0.2) is 25.8 Å². The van der Waals surface area contributed by atoms with E-state index in [0.29, 0.717) is 11.7 Å². The van der Waals surface area contributed by atoms with Crippen LogP contribution < -0.4 is 0 Å². The number of nitrogens with zero attached hydrogens (tertiary/aromatic N) is 3. The molecule has 0 radical (unpaired) electrons. The van der Waals surface area contributed by atoms with E-state index in [2.05, 4.69) is 10.2 Å². The Morgan fingerprint density at radius 1 is 1.38 bits per heavy atom. The van der Waals surface area contributed by atoms with Crippen molar-refractivity contribution in [1.29, 1.82) is 0 Å². The summed E-state index contributed by atoms with van der Waals surface area (Å²) in [4.78, 5) is 10.8. The molecule has 1 aromatic rings. The van der Waals surface area contributed by atoms with Gasteiger partial charge in [0.05, 0.1) is 0 Å². The summed E-state index contributed by atoms with van der Waals surface area (Å²) in [6.45, 7) is 1.78. The second kappa shape index (κ2) is 4.63. The molecule has 5 nitrogen and oxygen atoms in total. The van der Waals surface area contributed by atoms with Crippen molar-refractivity contribution in [2.24, 2.45) is 0 Å². The first-order valence-electron chi connectivity index (χ1n) is 5.80. The van der Waals surface area contributed by atoms with Gasteiger partial charge in [-0.15, -0.1) is 10.2 Å². The number of carboxylic acids is 1. The highest BCUT2D eigenvalue weighted by Gasteiger charge is 2.22. The van der Waals surface area contributed by atoms with Crippen LogP contribution in [0.2, 0.25) is 0 Å². The van der Waals surface area contributed by atoms with Crippen LogP contribution in [0.25, 0.3) is 0 Å². The fourth-order valence-electron chi connectivity index (χ4n) is 2.39. The molecule has 1 aliphatic rings. The topological polar surface area (TPSA) is 68.0 Å². The van der Waals surface area contributed by atoms with Gasteiger partial charge in [0.1, 0.15) is 18.2 Å². The average Bonchev–Trinajstić information content (AvgIpc) is 2.61. The molecule has 5 heteroatoms. The van der Waals surface area contributed by atoms with Gasteiger partial charge in [0.2, 0.25) is 0 Å². The highest BCUT2D eigenvalue weighted by atomic mass is 16.4. The second-order valence-electron chi connectivity index (χ2n) is 4.42. The smallest absolute Gasteiger partial charge is 0.323 e. The first-order valence-corrected chi connectivity index (χ1v) is 5.80. The normalized spacial score (nSPS) is 17.6. The molecule has 2 rings (SSSR count). The van der Waals surface area contributed by atoms with Gasteiger partial charge in [-0.3, -0.25) is 4.79 Å². The number of rotatable bonds is 3. The lowest BCUT2D eigenvalue weighted by molar-refractivity contribution is -0.137. The minimum absolute atomic E-state index is 0.0231. The van der Waals surface area contributed by atoms with E-state index >= 15 is 0 Å². The Kier molecular flexibility index (Phi) is 3.22. The molecule has 1 aromatic heterocycles. The van der Waals surface area contributed by atoms with Crippen molar-refractivity contribution in [3.8, 4) is 0 Å². The van der Waals surface area contributed by atoms with Crippen LogP contribution in [0.3, 0.4) is 0 Å². The summed E-state index contributed by atoms with van der Waals surface area (Å²) < 4.78 is 1.73. The second-order valence-corrected chi connectivity index (χ2v) is 4.42. The van der Waals surface area contributed by atoms with Crippen LogP contribution in [0.5, 0.6) is 0 Å². The lowest BCUT2D eigenvalue weighted by Gasteiger charge is -2.21. The largest absolute Gasteiger partial charge is 0.480 e. The average molecular weight is 223 g/mol. The Balaban J connectivity index is 2.22. The molecule has 1 fully saturated rings. The molecule has 0 spiro atoms. The van der Waals surface area contributed by atoms with Crippen LogP contribution in [0.15, 0.2) is 0 Å². The van der Waals surface area contributed by atoms with E-state index < -0.39 is 5.97 Å². The summed E-state index contributed by atoms with van der Waals surface area (Å²) in [6, 6.07) is 0. The summed E-state index contributed by atoms with van der Waals surface area (Å²) in [6.07, 6.45) is 5.92. The van der Waals surface area contributed by atoms with Gasteiger partial charge in [-0.25, -0.2) is 0 Å². The number of hydrogen-bond donors (Lipinski definition) is 1. The third-order valence-electron chi connectivity index (χ3n) is 3.23. The standard InChI is InChI=1S/C11H17N3O2/c1-8-12-13-11(14(8)7-10(15)16)9-5-3-2-4-6-9/h9H,2-7H2,1H3,(H,15,16). The Hall–Kier alpha value is -1.39. The number of carboxylic acid groups (broad SMARTS) is 1. The summed E-state index contributed by atoms with van der Waals surface area (Å²) in [5.74, 6) is 1.12. The van der Waals surface area contributed by atoms with Gasteiger partial charge in [0, 0.05) is 5.92 Å². The molecular formula is C11H17N3O2. The zero-order valence-electron chi connectivity index (χ0n) is 9.52. The summed E-state index contributed by atoms with van der Waals surface area (Å²) in [7, 11) is 0. The van der Waals surface area contributed by atoms with E-state index in [0.717, 1.165) is 18.7 Å². The lowest BCUT2D eigenvalue weighted by atomic mass is 9.88. The van der Waals surface area contributed by atoms with Crippen molar-refractivity contribution in [3.63, 3.8) is 0 Å². The van der Waals surface area contributed by atoms with E-state index in [1.54, 1.807) is 4.57 Å². The molecule has 16 heavy (non-hydrogen) atoms. The summed E-state index contributed by atoms with van der Waals surface area (Å²) >= 11 is 0. The molecule has 1 heterocycles. The van der Waals surface area contributed by atoms with Gasteiger partial charge in [0.15, 0.2) is 0 Å². The van der Waals surface area contributed by atoms with Gasteiger partial charge in [-0.1, -0.05) is 19.3 Å². The fourth-order valence-corrected chi connectivity index (χ4v) is 2.39. The van der Waals surface area contributed by atoms with Crippen molar-refractivity contribution in [1.82, 2.24) is 14.8 Å². The number of aryl methyl sites for hydroxylation is 1. The lowest BCUT2D eigenvalue weighted by Crippen LogP contribution is -2.17. The van der Waals surface area contributed by atoms with Gasteiger partial charge in [-0.05, 0) is 19.8 Å². The summed E-state index contributed by atoms with van der Waals surface area (Å²) in [5.41, 5.74) is 0. The Morgan fingerprint density at radius 3 is 2.69 bits per heavy atom. The fraction of sp³-hybridized carbons (Fsp3) is 0.727. The van der Waals surface area contributed by atoms with Crippen molar-refractivity contribution in [2.45, 2.75) is 51.5 Å². The molecule has 0 amide bonds. The molecule has 0 saturated heterocycles. The molecule has 0 aromatic carbocycles. The molecule has 88 valence electrons. The first-order chi connectivity index (χ1) is 7.68. The van der Waals surface area contributed by atoms with Crippen molar-refractivity contribution >= 4 is 5.97 Å². The minimum atomic E-state index is -0.833. The first kappa shape index (κ1) is 11.1. The van der Waals surface area contributed by atoms with Crippen LogP contribution in [0.4, 0.5) is 0 Å². The predicted octanol–water partition coefficient (Wildman–Crippen LogP) is 1.72. The number of hydrogen-bond acceptors (Lipinski definition) is 3. The van der Waals surface area contributed by atoms with Crippen molar-refractivity contribution < 1.29 is 9.90 Å². The van der Waals surface area contributed by atoms with E-state index in [4.69, 9.17) is 5.11 Å². The van der Waals surface area contributed by atoms with Crippen molar-refractivity contribution in [2.75, 3.05) is 0 Å². The molecule has 0 atom stereocenters. The van der Waals surface area contributed by atoms with Crippen LogP contribution in [0, 0.1) is 6.92 Å². The van der Waals surface area contributed by atoms with Gasteiger partial charge in [-0.2, -0.15) is 0 Å². The quantitative estimate of drug-likeness (QED) is 0.847. The number of aliphatic carboxylic acids is 1. The monoisotopic (exact) mass is 223 g/mol. The van der Waals surface area contributed by atoms with E-state index in [1.165, 1.54) is 19.3 Å². The SMILES string of the molecule is Cc1nnc(C2CCCCC2)n1CC(=O)O. The number of aromatic nitrogens is 3. The van der Waals surface area contributed by atoms with Crippen LogP contribution in [0.1, 0.15) is 49.7 Å². The molecule has 1 N–H and O–H groups in total. The highest BCUT2D eigenvalue weighted by Crippen LogP contribution is 2.31. The van der Waals surface area contributed by atoms with Gasteiger partial charge < -0.3 is 9.67 Å². The predicted molar refractivity (Wildman–Crippen MR) is 58.2 cm³/mol. The molecule has 0 unspecified atom stereocenters. The van der Waals surface area contributed by atoms with Gasteiger partial charge >= 0.3 is 5.97 Å². The van der Waals surface area contributed by atoms with E-state index in [-0.39, 0.29) is 6.54 Å². The van der Waals surface area contributed by atoms with Crippen LogP contribution >= 0.6 is 0 Å². The molecule has 1 saturated carbocycles. The zero-order chi connectivity index (χ0) is 11.5. The molecule has 1 aliphatic carbocycles. The van der Waals surface area contributed by atoms with E-state index in [1.807, 2.05) is 6.92 Å². The Morgan fingerprint density at radius 2 is 2.06 bits per heavy atom. The van der Waals surface area contributed by atoms with Crippen molar-refractivity contribution in [3.05, 3.63) is 11.6 Å². The molecule has 0 aliphatic heterocycles. The number of carbonyl (C=O) groups is 1. The third-order valence-corrected chi connectivity index (χ3v) is 3.23. The Labute approximate surface area is 94.5 Å². The Bertz CT molecular complexity index is 381. The molecular weight excluding hydrogens is 206 g/mol. The van der Waals surface area contributed by atoms with E-state index in [9.17, 15) is 4.79 Å². The zero-order valence-corrected chi connectivity index (χ0v) is 9.52. The maximum absolute atomic E-state index is 10.8. The minimum Gasteiger partial charge on any atom is -0.480 e. The van der Waals surface area contributed by atoms with Crippen LogP contribution in [-0.2, 0) is 11.3 Å². The molecule has 0 bridgehead atoms. The highest BCUT2D eigenvalue weighted by molar-refractivity contribution is 5.66. The van der Waals surface area contributed by atoms with Gasteiger partial charge in [0.25, 0.3) is 0 Å². The maximum atomic E-state index is 10.8. The third kappa shape index (κ3) is 2.23. The maximum Gasteiger partial charge on any atom is 0.323 e. The summed E-state index contributed by atoms with van der Waals surface area (Å²) in [5, 5.41) is 17.0.